The van der Waals surface area contributed by atoms with E-state index < -0.39 is 16.0 Å². The molecule has 0 aliphatic rings. The Morgan fingerprint density at radius 1 is 0.867 bits per heavy atom. The molecule has 30 heavy (non-hydrogen) atoms. The number of hydrogen-bond donors (Lipinski definition) is 3. The molecule has 0 fully saturated rings. The number of carbonyl (C=O) groups is 2. The fraction of sp³-hybridized carbons (Fsp3) is 0. The number of carboxylic acid groups (broad SMARTS) is 1. The third-order valence-corrected chi connectivity index (χ3v) is 5.53. The average molecular weight is 423 g/mol. The minimum absolute atomic E-state index is 0.0413. The van der Waals surface area contributed by atoms with Gasteiger partial charge in [0.25, 0.3) is 10.0 Å². The van der Waals surface area contributed by atoms with Crippen LogP contribution in [0.5, 0.6) is 5.75 Å². The van der Waals surface area contributed by atoms with Gasteiger partial charge >= 0.3 is 5.97 Å². The van der Waals surface area contributed by atoms with Crippen molar-refractivity contribution in [2.24, 2.45) is 0 Å². The van der Waals surface area contributed by atoms with Gasteiger partial charge in [-0.3, -0.25) is 9.52 Å². The number of rotatable bonds is 7. The second-order valence-electron chi connectivity index (χ2n) is 6.30. The van der Waals surface area contributed by atoms with Crippen molar-refractivity contribution in [1.29, 1.82) is 0 Å². The van der Waals surface area contributed by atoms with Crippen LogP contribution in [0.3, 0.4) is 0 Å². The number of nitrogens with one attached hydrogen (secondary N) is 1. The van der Waals surface area contributed by atoms with Crippen molar-refractivity contribution in [2.75, 3.05) is 4.72 Å². The Labute approximate surface area is 173 Å². The first-order valence-electron chi connectivity index (χ1n) is 8.72. The van der Waals surface area contributed by atoms with Crippen LogP contribution in [-0.4, -0.2) is 30.4 Å². The summed E-state index contributed by atoms with van der Waals surface area (Å²) < 4.78 is 27.3. The maximum atomic E-state index is 12.5. The molecule has 3 rings (SSSR count). The lowest BCUT2D eigenvalue weighted by Crippen LogP contribution is -2.13. The molecule has 0 saturated carbocycles. The minimum Gasteiger partial charge on any atom is -0.508 e. The fourth-order valence-corrected chi connectivity index (χ4v) is 3.65. The summed E-state index contributed by atoms with van der Waals surface area (Å²) in [6.07, 6.45) is 2.88. The second-order valence-corrected chi connectivity index (χ2v) is 7.99. The highest BCUT2D eigenvalue weighted by Crippen LogP contribution is 2.18. The summed E-state index contributed by atoms with van der Waals surface area (Å²) in [4.78, 5) is 23.1. The summed E-state index contributed by atoms with van der Waals surface area (Å²) in [6.45, 7) is 0. The minimum atomic E-state index is -3.90. The molecule has 3 aromatic rings. The van der Waals surface area contributed by atoms with E-state index in [-0.39, 0.29) is 27.7 Å². The van der Waals surface area contributed by atoms with Crippen LogP contribution in [0.15, 0.2) is 83.8 Å². The van der Waals surface area contributed by atoms with Gasteiger partial charge in [-0.05, 0) is 72.3 Å². The smallest absolute Gasteiger partial charge is 0.335 e. The van der Waals surface area contributed by atoms with Gasteiger partial charge in [0, 0.05) is 11.3 Å². The van der Waals surface area contributed by atoms with E-state index in [0.29, 0.717) is 11.1 Å². The fourth-order valence-electron chi connectivity index (χ4n) is 2.59. The Morgan fingerprint density at radius 2 is 1.50 bits per heavy atom. The molecular weight excluding hydrogens is 406 g/mol. The number of anilines is 1. The summed E-state index contributed by atoms with van der Waals surface area (Å²) in [7, 11) is -3.90. The average Bonchev–Trinajstić information content (AvgIpc) is 2.72. The number of benzene rings is 3. The Kier molecular flexibility index (Phi) is 5.98. The molecule has 0 bridgehead atoms. The van der Waals surface area contributed by atoms with E-state index in [9.17, 15) is 23.1 Å². The lowest BCUT2D eigenvalue weighted by molar-refractivity contribution is 0.0696. The number of hydrogen-bond acceptors (Lipinski definition) is 5. The van der Waals surface area contributed by atoms with Crippen LogP contribution in [-0.2, 0) is 10.0 Å². The van der Waals surface area contributed by atoms with Crippen molar-refractivity contribution >= 4 is 33.5 Å². The van der Waals surface area contributed by atoms with Crippen molar-refractivity contribution in [2.45, 2.75) is 4.90 Å². The third-order valence-electron chi connectivity index (χ3n) is 4.13. The first-order valence-corrected chi connectivity index (χ1v) is 10.2. The van der Waals surface area contributed by atoms with Crippen molar-refractivity contribution in [3.05, 3.63) is 95.6 Å². The Hall–Kier alpha value is -3.91. The van der Waals surface area contributed by atoms with Crippen LogP contribution in [0, 0.1) is 0 Å². The maximum absolute atomic E-state index is 12.5. The van der Waals surface area contributed by atoms with E-state index in [1.165, 1.54) is 66.7 Å². The number of phenolic OH excluding ortho intramolecular Hbond substituents is 1. The zero-order valence-electron chi connectivity index (χ0n) is 15.5. The highest BCUT2D eigenvalue weighted by Gasteiger charge is 2.15. The first kappa shape index (κ1) is 20.8. The van der Waals surface area contributed by atoms with Gasteiger partial charge < -0.3 is 10.2 Å². The summed E-state index contributed by atoms with van der Waals surface area (Å²) in [5.41, 5.74) is 1.21. The Bertz CT molecular complexity index is 1210. The molecule has 0 saturated heterocycles. The van der Waals surface area contributed by atoms with Gasteiger partial charge in [0.15, 0.2) is 5.78 Å². The molecule has 7 nitrogen and oxygen atoms in total. The SMILES string of the molecule is O=C(O)c1ccc(NS(=O)(=O)c2ccc(C(=O)C=Cc3cccc(O)c3)cc2)cc1. The molecule has 0 radical (unpaired) electrons. The van der Waals surface area contributed by atoms with Gasteiger partial charge in [-0.15, -0.1) is 0 Å². The van der Waals surface area contributed by atoms with Crippen molar-refractivity contribution < 1.29 is 28.2 Å². The molecule has 3 aromatic carbocycles. The molecule has 0 aliphatic carbocycles. The molecule has 0 spiro atoms. The van der Waals surface area contributed by atoms with E-state index in [4.69, 9.17) is 5.11 Å². The van der Waals surface area contributed by atoms with Gasteiger partial charge in [0.05, 0.1) is 10.5 Å². The quantitative estimate of drug-likeness (QED) is 0.393. The summed E-state index contributed by atoms with van der Waals surface area (Å²) in [6, 6.07) is 17.1. The van der Waals surface area contributed by atoms with Gasteiger partial charge in [-0.25, -0.2) is 13.2 Å². The van der Waals surface area contributed by atoms with Gasteiger partial charge in [-0.2, -0.15) is 0 Å². The Balaban J connectivity index is 1.72. The number of aromatic hydroxyl groups is 1. The lowest BCUT2D eigenvalue weighted by atomic mass is 10.1. The van der Waals surface area contributed by atoms with E-state index in [0.717, 1.165) is 0 Å². The van der Waals surface area contributed by atoms with Crippen LogP contribution in [0.1, 0.15) is 26.3 Å². The van der Waals surface area contributed by atoms with Crippen LogP contribution >= 0.6 is 0 Å². The Morgan fingerprint density at radius 3 is 2.10 bits per heavy atom. The molecule has 0 unspecified atom stereocenters. The number of aromatic carboxylic acids is 1. The zero-order chi connectivity index (χ0) is 21.7. The molecule has 152 valence electrons. The normalized spacial score (nSPS) is 11.3. The number of ketones is 1. The third kappa shape index (κ3) is 5.12. The highest BCUT2D eigenvalue weighted by molar-refractivity contribution is 7.92. The first-order chi connectivity index (χ1) is 14.2. The summed E-state index contributed by atoms with van der Waals surface area (Å²) in [5, 5.41) is 18.3. The van der Waals surface area contributed by atoms with Gasteiger partial charge in [-0.1, -0.05) is 18.2 Å². The predicted molar refractivity (Wildman–Crippen MR) is 112 cm³/mol. The van der Waals surface area contributed by atoms with Crippen LogP contribution in [0.2, 0.25) is 0 Å². The van der Waals surface area contributed by atoms with Gasteiger partial charge in [0.2, 0.25) is 0 Å². The van der Waals surface area contributed by atoms with Gasteiger partial charge in [0.1, 0.15) is 5.75 Å². The molecule has 8 heteroatoms. The molecule has 0 aromatic heterocycles. The number of sulfonamides is 1. The maximum Gasteiger partial charge on any atom is 0.335 e. The number of phenols is 1. The summed E-state index contributed by atoms with van der Waals surface area (Å²) in [5.74, 6) is -1.34. The highest BCUT2D eigenvalue weighted by atomic mass is 32.2. The summed E-state index contributed by atoms with van der Waals surface area (Å²) >= 11 is 0. The van der Waals surface area contributed by atoms with Crippen LogP contribution < -0.4 is 4.72 Å². The topological polar surface area (TPSA) is 121 Å². The molecule has 0 amide bonds. The monoisotopic (exact) mass is 423 g/mol. The van der Waals surface area contributed by atoms with E-state index in [1.807, 2.05) is 0 Å². The molecular formula is C22H17NO6S. The van der Waals surface area contributed by atoms with Crippen molar-refractivity contribution in [3.63, 3.8) is 0 Å². The number of carboxylic acids is 1. The standard InChI is InChI=1S/C22H17NO6S/c24-19-3-1-2-15(14-19)4-13-21(25)16-7-11-20(12-8-16)30(28,29)23-18-9-5-17(6-10-18)22(26)27/h1-14,23-24H,(H,26,27). The van der Waals surface area contributed by atoms with Crippen molar-refractivity contribution in [3.8, 4) is 5.75 Å². The lowest BCUT2D eigenvalue weighted by Gasteiger charge is -2.08. The van der Waals surface area contributed by atoms with E-state index >= 15 is 0 Å². The zero-order valence-corrected chi connectivity index (χ0v) is 16.3. The molecule has 0 heterocycles. The molecule has 0 aliphatic heterocycles. The number of carbonyl (C=O) groups excluding carboxylic acids is 1. The van der Waals surface area contributed by atoms with Crippen molar-refractivity contribution in [1.82, 2.24) is 0 Å². The van der Waals surface area contributed by atoms with E-state index in [1.54, 1.807) is 18.2 Å². The van der Waals surface area contributed by atoms with Crippen LogP contribution in [0.25, 0.3) is 6.08 Å². The second kappa shape index (κ2) is 8.62. The molecule has 3 N–H and O–H groups in total. The number of allylic oxidation sites excluding steroid dienone is 1. The largest absolute Gasteiger partial charge is 0.508 e. The van der Waals surface area contributed by atoms with Crippen LogP contribution in [0.4, 0.5) is 5.69 Å². The van der Waals surface area contributed by atoms with E-state index in [2.05, 4.69) is 4.72 Å². The predicted octanol–water partition coefficient (Wildman–Crippen LogP) is 3.79. The molecule has 0 atom stereocenters.